The van der Waals surface area contributed by atoms with Crippen molar-refractivity contribution in [1.29, 1.82) is 0 Å². The lowest BCUT2D eigenvalue weighted by Crippen LogP contribution is -2.35. The van der Waals surface area contributed by atoms with Gasteiger partial charge in [-0.15, -0.1) is 11.3 Å². The first kappa shape index (κ1) is 16.9. The van der Waals surface area contributed by atoms with Crippen LogP contribution in [0.5, 0.6) is 0 Å². The van der Waals surface area contributed by atoms with Crippen LogP contribution in [0.4, 0.5) is 5.69 Å². The molecule has 0 radical (unpaired) electrons. The van der Waals surface area contributed by atoms with Gasteiger partial charge in [0, 0.05) is 24.2 Å². The smallest absolute Gasteiger partial charge is 0.306 e. The highest BCUT2D eigenvalue weighted by Crippen LogP contribution is 2.25. The molecule has 0 aliphatic carbocycles. The minimum atomic E-state index is -3.62. The van der Waals surface area contributed by atoms with Gasteiger partial charge >= 0.3 is 5.97 Å². The fraction of sp³-hybridized carbons (Fsp3) is 0.583. The van der Waals surface area contributed by atoms with Crippen molar-refractivity contribution in [2.24, 2.45) is 5.92 Å². The maximum Gasteiger partial charge on any atom is 0.306 e. The van der Waals surface area contributed by atoms with Gasteiger partial charge in [-0.1, -0.05) is 13.8 Å². The largest absolute Gasteiger partial charge is 0.469 e. The molecule has 0 aromatic carbocycles. The number of esters is 1. The molecule has 0 amide bonds. The zero-order chi connectivity index (χ0) is 15.3. The van der Waals surface area contributed by atoms with Crippen LogP contribution >= 0.6 is 11.3 Å². The molecule has 2 N–H and O–H groups in total. The number of carbonyl (C=O) groups excluding carboxylic acids is 1. The predicted molar refractivity (Wildman–Crippen MR) is 79.0 cm³/mol. The first-order valence-electron chi connectivity index (χ1n) is 6.18. The molecule has 0 spiro atoms. The summed E-state index contributed by atoms with van der Waals surface area (Å²) in [7, 11) is -2.33. The Balaban J connectivity index is 2.94. The Labute approximate surface area is 123 Å². The number of sulfonamides is 1. The number of thiophene rings is 1. The van der Waals surface area contributed by atoms with E-state index in [4.69, 9.17) is 5.73 Å². The van der Waals surface area contributed by atoms with Crippen LogP contribution in [0.2, 0.25) is 0 Å². The van der Waals surface area contributed by atoms with Crippen molar-refractivity contribution in [2.45, 2.75) is 24.5 Å². The first-order valence-corrected chi connectivity index (χ1v) is 8.50. The predicted octanol–water partition coefficient (Wildman–Crippen LogP) is 1.54. The monoisotopic (exact) mass is 320 g/mol. The molecule has 0 bridgehead atoms. The molecule has 0 fully saturated rings. The molecule has 0 unspecified atom stereocenters. The number of carbonyl (C=O) groups is 1. The van der Waals surface area contributed by atoms with E-state index in [0.717, 1.165) is 11.3 Å². The summed E-state index contributed by atoms with van der Waals surface area (Å²) >= 11 is 1.08. The van der Waals surface area contributed by atoms with Crippen molar-refractivity contribution >= 4 is 33.0 Å². The van der Waals surface area contributed by atoms with Crippen molar-refractivity contribution in [3.63, 3.8) is 0 Å². The normalized spacial score (nSPS) is 12.1. The maximum atomic E-state index is 12.5. The molecule has 20 heavy (non-hydrogen) atoms. The molecular weight excluding hydrogens is 300 g/mol. The SMILES string of the molecule is COC(=O)CCN(CC(C)C)S(=O)(=O)c1cc(N)cs1. The van der Waals surface area contributed by atoms with Gasteiger partial charge in [0.1, 0.15) is 4.21 Å². The summed E-state index contributed by atoms with van der Waals surface area (Å²) in [6, 6.07) is 1.44. The molecule has 1 rings (SSSR count). The average molecular weight is 320 g/mol. The van der Waals surface area contributed by atoms with Gasteiger partial charge in [0.05, 0.1) is 13.5 Å². The van der Waals surface area contributed by atoms with Crippen LogP contribution in [-0.4, -0.2) is 38.9 Å². The summed E-state index contributed by atoms with van der Waals surface area (Å²) in [5, 5.41) is 1.58. The number of methoxy groups -OCH3 is 1. The Morgan fingerprint density at radius 3 is 2.60 bits per heavy atom. The van der Waals surface area contributed by atoms with Crippen molar-refractivity contribution in [3.8, 4) is 0 Å². The molecule has 6 nitrogen and oxygen atoms in total. The van der Waals surface area contributed by atoms with Gasteiger partial charge in [0.25, 0.3) is 10.0 Å². The van der Waals surface area contributed by atoms with E-state index in [2.05, 4.69) is 4.74 Å². The molecule has 0 saturated carbocycles. The Morgan fingerprint density at radius 2 is 2.15 bits per heavy atom. The van der Waals surface area contributed by atoms with Crippen LogP contribution in [0.3, 0.4) is 0 Å². The van der Waals surface area contributed by atoms with Crippen LogP contribution in [0.15, 0.2) is 15.7 Å². The lowest BCUT2D eigenvalue weighted by atomic mass is 10.2. The number of anilines is 1. The molecule has 0 saturated heterocycles. The second kappa shape index (κ2) is 7.05. The number of rotatable bonds is 7. The highest BCUT2D eigenvalue weighted by atomic mass is 32.2. The lowest BCUT2D eigenvalue weighted by Gasteiger charge is -2.22. The van der Waals surface area contributed by atoms with E-state index in [0.29, 0.717) is 12.2 Å². The van der Waals surface area contributed by atoms with Crippen LogP contribution in [0, 0.1) is 5.92 Å². The summed E-state index contributed by atoms with van der Waals surface area (Å²) in [5.41, 5.74) is 6.00. The van der Waals surface area contributed by atoms with E-state index in [-0.39, 0.29) is 23.1 Å². The second-order valence-corrected chi connectivity index (χ2v) is 7.86. The number of hydrogen-bond acceptors (Lipinski definition) is 6. The van der Waals surface area contributed by atoms with Crippen LogP contribution in [-0.2, 0) is 19.6 Å². The van der Waals surface area contributed by atoms with Crippen LogP contribution in [0.1, 0.15) is 20.3 Å². The Morgan fingerprint density at radius 1 is 1.50 bits per heavy atom. The summed E-state index contributed by atoms with van der Waals surface area (Å²) in [5.74, 6) is -0.278. The van der Waals surface area contributed by atoms with Crippen molar-refractivity contribution in [3.05, 3.63) is 11.4 Å². The van der Waals surface area contributed by atoms with E-state index < -0.39 is 16.0 Å². The van der Waals surface area contributed by atoms with Gasteiger partial charge in [-0.05, 0) is 12.0 Å². The topological polar surface area (TPSA) is 89.7 Å². The van der Waals surface area contributed by atoms with Crippen molar-refractivity contribution < 1.29 is 17.9 Å². The van der Waals surface area contributed by atoms with Gasteiger partial charge in [-0.2, -0.15) is 4.31 Å². The Bertz CT molecular complexity index is 552. The van der Waals surface area contributed by atoms with Crippen LogP contribution in [0.25, 0.3) is 0 Å². The Hall–Kier alpha value is -1.12. The third-order valence-corrected chi connectivity index (χ3v) is 5.85. The minimum Gasteiger partial charge on any atom is -0.469 e. The summed E-state index contributed by atoms with van der Waals surface area (Å²) in [6.45, 7) is 4.29. The summed E-state index contributed by atoms with van der Waals surface area (Å²) < 4.78 is 31.1. The highest BCUT2D eigenvalue weighted by Gasteiger charge is 2.27. The molecule has 8 heteroatoms. The minimum absolute atomic E-state index is 0.0311. The molecule has 0 atom stereocenters. The number of hydrogen-bond donors (Lipinski definition) is 1. The van der Waals surface area contributed by atoms with Gasteiger partial charge in [-0.3, -0.25) is 4.79 Å². The Kier molecular flexibility index (Phi) is 5.97. The molecule has 1 heterocycles. The second-order valence-electron chi connectivity index (χ2n) is 4.78. The fourth-order valence-corrected chi connectivity index (χ4v) is 4.46. The van der Waals surface area contributed by atoms with E-state index in [1.807, 2.05) is 13.8 Å². The van der Waals surface area contributed by atoms with Crippen molar-refractivity contribution in [2.75, 3.05) is 25.9 Å². The number of ether oxygens (including phenoxy) is 1. The average Bonchev–Trinajstić information content (AvgIpc) is 2.80. The van der Waals surface area contributed by atoms with Gasteiger partial charge < -0.3 is 10.5 Å². The molecule has 0 aliphatic rings. The summed E-state index contributed by atoms with van der Waals surface area (Å²) in [6.07, 6.45) is 0.0311. The molecule has 114 valence electrons. The number of nitrogen functional groups attached to an aromatic ring is 1. The molecular formula is C12H20N2O4S2. The van der Waals surface area contributed by atoms with E-state index in [1.165, 1.54) is 17.5 Å². The molecule has 1 aromatic heterocycles. The van der Waals surface area contributed by atoms with Crippen LogP contribution < -0.4 is 5.73 Å². The van der Waals surface area contributed by atoms with Crippen molar-refractivity contribution in [1.82, 2.24) is 4.31 Å². The molecule has 0 aliphatic heterocycles. The number of nitrogens with zero attached hydrogens (tertiary/aromatic N) is 1. The van der Waals surface area contributed by atoms with E-state index in [1.54, 1.807) is 5.38 Å². The lowest BCUT2D eigenvalue weighted by molar-refractivity contribution is -0.140. The zero-order valence-electron chi connectivity index (χ0n) is 11.8. The van der Waals surface area contributed by atoms with E-state index >= 15 is 0 Å². The quantitative estimate of drug-likeness (QED) is 0.770. The number of nitrogens with two attached hydrogens (primary N) is 1. The zero-order valence-corrected chi connectivity index (χ0v) is 13.5. The fourth-order valence-electron chi connectivity index (χ4n) is 1.63. The van der Waals surface area contributed by atoms with Gasteiger partial charge in [0.15, 0.2) is 0 Å². The first-order chi connectivity index (χ1) is 9.27. The van der Waals surface area contributed by atoms with E-state index in [9.17, 15) is 13.2 Å². The summed E-state index contributed by atoms with van der Waals surface area (Å²) in [4.78, 5) is 11.2. The maximum absolute atomic E-state index is 12.5. The van der Waals surface area contributed by atoms with Gasteiger partial charge in [-0.25, -0.2) is 8.42 Å². The van der Waals surface area contributed by atoms with Gasteiger partial charge in [0.2, 0.25) is 0 Å². The molecule has 1 aromatic rings. The highest BCUT2D eigenvalue weighted by molar-refractivity contribution is 7.91. The third kappa shape index (κ3) is 4.46. The standard InChI is InChI=1S/C12H20N2O4S2/c1-9(2)7-14(5-4-11(15)18-3)20(16,17)12-6-10(13)8-19-12/h6,8-9H,4-5,7,13H2,1-3H3. The third-order valence-electron chi connectivity index (χ3n) is 2.55.